The number of likely N-dealkylation sites (tertiary alicyclic amines) is 1. The molecule has 0 radical (unpaired) electrons. The standard InChI is InChI=1S/C19H23N3O3S/c1-13-21-16(12-26-13)9-20-19(24)15-7-8-18(23)22(11-15)10-14-5-3-4-6-17(14)25-2/h3-6,12,15H,7-11H2,1-2H3,(H,20,24). The average Bonchev–Trinajstić information content (AvgIpc) is 3.07. The van der Waals surface area contributed by atoms with Gasteiger partial charge in [0.15, 0.2) is 0 Å². The molecular weight excluding hydrogens is 350 g/mol. The smallest absolute Gasteiger partial charge is 0.225 e. The van der Waals surface area contributed by atoms with E-state index in [2.05, 4.69) is 10.3 Å². The lowest BCUT2D eigenvalue weighted by atomic mass is 9.96. The van der Waals surface area contributed by atoms with Gasteiger partial charge in [0, 0.05) is 30.5 Å². The molecule has 138 valence electrons. The van der Waals surface area contributed by atoms with Crippen LogP contribution in [-0.4, -0.2) is 35.4 Å². The van der Waals surface area contributed by atoms with Gasteiger partial charge >= 0.3 is 0 Å². The molecule has 3 rings (SSSR count). The van der Waals surface area contributed by atoms with Gasteiger partial charge in [-0.05, 0) is 19.4 Å². The zero-order chi connectivity index (χ0) is 18.5. The van der Waals surface area contributed by atoms with Crippen molar-refractivity contribution in [1.29, 1.82) is 0 Å². The van der Waals surface area contributed by atoms with Crippen LogP contribution in [0.15, 0.2) is 29.6 Å². The summed E-state index contributed by atoms with van der Waals surface area (Å²) in [6, 6.07) is 7.65. The summed E-state index contributed by atoms with van der Waals surface area (Å²) in [6.45, 7) is 3.26. The van der Waals surface area contributed by atoms with E-state index in [0.717, 1.165) is 22.0 Å². The number of piperidine rings is 1. The number of carbonyl (C=O) groups is 2. The molecule has 2 aromatic rings. The van der Waals surface area contributed by atoms with Gasteiger partial charge in [0.25, 0.3) is 0 Å². The number of aryl methyl sites for hydroxylation is 1. The lowest BCUT2D eigenvalue weighted by Gasteiger charge is -2.32. The first-order valence-electron chi connectivity index (χ1n) is 8.65. The largest absolute Gasteiger partial charge is 0.496 e. The Morgan fingerprint density at radius 1 is 1.42 bits per heavy atom. The van der Waals surface area contributed by atoms with Gasteiger partial charge in [0.2, 0.25) is 11.8 Å². The fraction of sp³-hybridized carbons (Fsp3) is 0.421. The first-order valence-corrected chi connectivity index (χ1v) is 9.53. The number of benzene rings is 1. The van der Waals surface area contributed by atoms with Crippen LogP contribution in [0.3, 0.4) is 0 Å². The van der Waals surface area contributed by atoms with Crippen molar-refractivity contribution >= 4 is 23.2 Å². The fourth-order valence-corrected chi connectivity index (χ4v) is 3.74. The van der Waals surface area contributed by atoms with Crippen molar-refractivity contribution in [3.63, 3.8) is 0 Å². The Balaban J connectivity index is 1.60. The van der Waals surface area contributed by atoms with E-state index < -0.39 is 0 Å². The SMILES string of the molecule is COc1ccccc1CN1CC(C(=O)NCc2csc(C)n2)CCC1=O. The summed E-state index contributed by atoms with van der Waals surface area (Å²) in [4.78, 5) is 30.9. The van der Waals surface area contributed by atoms with Crippen LogP contribution in [0, 0.1) is 12.8 Å². The van der Waals surface area contributed by atoms with Crippen LogP contribution >= 0.6 is 11.3 Å². The van der Waals surface area contributed by atoms with Gasteiger partial charge in [-0.1, -0.05) is 18.2 Å². The Bertz CT molecular complexity index is 790. The number of ether oxygens (including phenoxy) is 1. The quantitative estimate of drug-likeness (QED) is 0.845. The number of amides is 2. The summed E-state index contributed by atoms with van der Waals surface area (Å²) in [5.74, 6) is 0.621. The molecule has 1 atom stereocenters. The van der Waals surface area contributed by atoms with Gasteiger partial charge in [-0.3, -0.25) is 9.59 Å². The molecule has 0 bridgehead atoms. The molecular formula is C19H23N3O3S. The first kappa shape index (κ1) is 18.4. The maximum absolute atomic E-state index is 12.5. The number of methoxy groups -OCH3 is 1. The van der Waals surface area contributed by atoms with Crippen LogP contribution in [0.4, 0.5) is 0 Å². The molecule has 2 amide bonds. The maximum atomic E-state index is 12.5. The van der Waals surface area contributed by atoms with E-state index in [-0.39, 0.29) is 17.7 Å². The van der Waals surface area contributed by atoms with E-state index in [0.29, 0.717) is 32.5 Å². The van der Waals surface area contributed by atoms with E-state index in [9.17, 15) is 9.59 Å². The highest BCUT2D eigenvalue weighted by Gasteiger charge is 2.30. The van der Waals surface area contributed by atoms with Gasteiger partial charge in [0.1, 0.15) is 5.75 Å². The number of para-hydroxylation sites is 1. The summed E-state index contributed by atoms with van der Waals surface area (Å²) in [6.07, 6.45) is 0.978. The summed E-state index contributed by atoms with van der Waals surface area (Å²) in [5.41, 5.74) is 1.82. The number of nitrogens with zero attached hydrogens (tertiary/aromatic N) is 2. The summed E-state index contributed by atoms with van der Waals surface area (Å²) in [7, 11) is 1.62. The maximum Gasteiger partial charge on any atom is 0.225 e. The molecule has 1 aromatic heterocycles. The number of thiazole rings is 1. The minimum absolute atomic E-state index is 0.0202. The van der Waals surface area contributed by atoms with Crippen molar-refractivity contribution in [2.45, 2.75) is 32.9 Å². The molecule has 1 saturated heterocycles. The molecule has 1 unspecified atom stereocenters. The molecule has 0 saturated carbocycles. The van der Waals surface area contributed by atoms with Crippen molar-refractivity contribution < 1.29 is 14.3 Å². The van der Waals surface area contributed by atoms with Crippen LogP contribution in [-0.2, 0) is 22.7 Å². The number of rotatable bonds is 6. The van der Waals surface area contributed by atoms with Crippen molar-refractivity contribution in [1.82, 2.24) is 15.2 Å². The van der Waals surface area contributed by atoms with Crippen molar-refractivity contribution in [3.8, 4) is 5.75 Å². The second-order valence-corrected chi connectivity index (χ2v) is 7.46. The van der Waals surface area contributed by atoms with E-state index in [1.54, 1.807) is 23.3 Å². The fourth-order valence-electron chi connectivity index (χ4n) is 3.13. The highest BCUT2D eigenvalue weighted by Crippen LogP contribution is 2.24. The Morgan fingerprint density at radius 3 is 2.96 bits per heavy atom. The molecule has 0 aliphatic carbocycles. The number of carbonyl (C=O) groups excluding carboxylic acids is 2. The Hall–Kier alpha value is -2.41. The molecule has 2 heterocycles. The molecule has 1 aliphatic heterocycles. The average molecular weight is 373 g/mol. The van der Waals surface area contributed by atoms with E-state index in [1.165, 1.54) is 0 Å². The molecule has 1 N–H and O–H groups in total. The molecule has 1 aliphatic rings. The Labute approximate surface area is 157 Å². The normalized spacial score (nSPS) is 17.2. The summed E-state index contributed by atoms with van der Waals surface area (Å²) in [5, 5.41) is 5.89. The molecule has 1 aromatic carbocycles. The zero-order valence-corrected chi connectivity index (χ0v) is 15.8. The number of hydrogen-bond acceptors (Lipinski definition) is 5. The van der Waals surface area contributed by atoms with Gasteiger partial charge in [0.05, 0.1) is 30.3 Å². The number of nitrogens with one attached hydrogen (secondary N) is 1. The van der Waals surface area contributed by atoms with Gasteiger partial charge < -0.3 is 15.0 Å². The monoisotopic (exact) mass is 373 g/mol. The van der Waals surface area contributed by atoms with Crippen molar-refractivity contribution in [2.75, 3.05) is 13.7 Å². The highest BCUT2D eigenvalue weighted by molar-refractivity contribution is 7.09. The second kappa shape index (κ2) is 8.31. The Kier molecular flexibility index (Phi) is 5.88. The predicted octanol–water partition coefficient (Wildman–Crippen LogP) is 2.52. The second-order valence-electron chi connectivity index (χ2n) is 6.40. The topological polar surface area (TPSA) is 71.5 Å². The predicted molar refractivity (Wildman–Crippen MR) is 99.8 cm³/mol. The minimum atomic E-state index is -0.192. The lowest BCUT2D eigenvalue weighted by Crippen LogP contribution is -2.45. The van der Waals surface area contributed by atoms with Crippen molar-refractivity contribution in [2.24, 2.45) is 5.92 Å². The molecule has 26 heavy (non-hydrogen) atoms. The first-order chi connectivity index (χ1) is 12.6. The highest BCUT2D eigenvalue weighted by atomic mass is 32.1. The third-order valence-electron chi connectivity index (χ3n) is 4.53. The molecule has 1 fully saturated rings. The summed E-state index contributed by atoms with van der Waals surface area (Å²) < 4.78 is 5.36. The van der Waals surface area contributed by atoms with Gasteiger partial charge in [-0.25, -0.2) is 4.98 Å². The summed E-state index contributed by atoms with van der Waals surface area (Å²) >= 11 is 1.57. The van der Waals surface area contributed by atoms with Crippen LogP contribution in [0.1, 0.15) is 29.1 Å². The Morgan fingerprint density at radius 2 is 2.23 bits per heavy atom. The third-order valence-corrected chi connectivity index (χ3v) is 5.36. The third kappa shape index (κ3) is 4.40. The van der Waals surface area contributed by atoms with Crippen LogP contribution in [0.2, 0.25) is 0 Å². The number of aromatic nitrogens is 1. The molecule has 7 heteroatoms. The van der Waals surface area contributed by atoms with E-state index in [1.807, 2.05) is 36.6 Å². The molecule has 6 nitrogen and oxygen atoms in total. The minimum Gasteiger partial charge on any atom is -0.496 e. The van der Waals surface area contributed by atoms with Gasteiger partial charge in [-0.15, -0.1) is 11.3 Å². The van der Waals surface area contributed by atoms with Crippen LogP contribution in [0.5, 0.6) is 5.75 Å². The van der Waals surface area contributed by atoms with E-state index >= 15 is 0 Å². The van der Waals surface area contributed by atoms with Crippen LogP contribution < -0.4 is 10.1 Å². The zero-order valence-electron chi connectivity index (χ0n) is 15.0. The van der Waals surface area contributed by atoms with Gasteiger partial charge in [-0.2, -0.15) is 0 Å². The van der Waals surface area contributed by atoms with Crippen molar-refractivity contribution in [3.05, 3.63) is 45.9 Å². The lowest BCUT2D eigenvalue weighted by molar-refractivity contribution is -0.139. The number of hydrogen-bond donors (Lipinski definition) is 1. The van der Waals surface area contributed by atoms with Crippen LogP contribution in [0.25, 0.3) is 0 Å². The molecule has 0 spiro atoms. The van der Waals surface area contributed by atoms with E-state index in [4.69, 9.17) is 4.74 Å².